The number of fused-ring (bicyclic) bond motifs is 1. The molecule has 0 aliphatic heterocycles. The van der Waals surface area contributed by atoms with Crippen LogP contribution in [0.5, 0.6) is 0 Å². The Balaban J connectivity index is 1.73. The summed E-state index contributed by atoms with van der Waals surface area (Å²) in [7, 11) is 0. The van der Waals surface area contributed by atoms with Gasteiger partial charge in [0.15, 0.2) is 6.04 Å². The van der Waals surface area contributed by atoms with Crippen molar-refractivity contribution in [1.82, 2.24) is 9.99 Å². The predicted molar refractivity (Wildman–Crippen MR) is 198 cm³/mol. The van der Waals surface area contributed by atoms with Gasteiger partial charge in [-0.05, 0) is 106 Å². The number of nitrogens with zero attached hydrogens (tertiary/aromatic N) is 3. The van der Waals surface area contributed by atoms with E-state index in [4.69, 9.17) is 19.9 Å². The molecule has 0 aliphatic rings. The number of carboxylic acid groups (broad SMARTS) is 1. The van der Waals surface area contributed by atoms with Crippen molar-refractivity contribution in [3.05, 3.63) is 101 Å². The topological polar surface area (TPSA) is 174 Å². The quantitative estimate of drug-likeness (QED) is 0.102. The zero-order chi connectivity index (χ0) is 38.2. The minimum Gasteiger partial charge on any atom is -0.479 e. The Morgan fingerprint density at radius 3 is 2.17 bits per heavy atom. The summed E-state index contributed by atoms with van der Waals surface area (Å²) in [6, 6.07) is 17.3. The zero-order valence-electron chi connectivity index (χ0n) is 30.6. The maximum atomic E-state index is 13.9. The summed E-state index contributed by atoms with van der Waals surface area (Å²) in [5, 5.41) is 16.7. The van der Waals surface area contributed by atoms with Gasteiger partial charge in [-0.1, -0.05) is 43.3 Å². The Morgan fingerprint density at radius 2 is 1.56 bits per heavy atom. The highest BCUT2D eigenvalue weighted by Crippen LogP contribution is 2.35. The molecule has 0 saturated heterocycles. The van der Waals surface area contributed by atoms with Crippen molar-refractivity contribution in [2.24, 2.45) is 5.73 Å². The lowest BCUT2D eigenvalue weighted by Gasteiger charge is -2.39. The predicted octanol–water partition coefficient (Wildman–Crippen LogP) is 7.77. The second kappa shape index (κ2) is 16.6. The van der Waals surface area contributed by atoms with Crippen molar-refractivity contribution < 1.29 is 38.5 Å². The van der Waals surface area contributed by atoms with Crippen molar-refractivity contribution in [2.75, 3.05) is 16.9 Å². The molecular weight excluding hydrogens is 666 g/mol. The summed E-state index contributed by atoms with van der Waals surface area (Å²) in [4.78, 5) is 57.9. The average Bonchev–Trinajstić information content (AvgIpc) is 3.06. The number of rotatable bonds is 11. The Hall–Kier alpha value is -5.69. The molecule has 1 atom stereocenters. The van der Waals surface area contributed by atoms with Gasteiger partial charge in [0, 0.05) is 36.4 Å². The molecule has 13 heteroatoms. The molecule has 4 N–H and O–H groups in total. The van der Waals surface area contributed by atoms with Gasteiger partial charge in [0.2, 0.25) is 0 Å². The number of carboxylic acids is 1. The van der Waals surface area contributed by atoms with Gasteiger partial charge in [-0.15, -0.1) is 5.01 Å². The number of ether oxygens (including phenoxy) is 3. The number of pyridine rings is 1. The molecule has 0 spiro atoms. The van der Waals surface area contributed by atoms with Crippen LogP contribution in [0.1, 0.15) is 76.8 Å². The molecule has 3 amide bonds. The maximum absolute atomic E-state index is 13.9. The third-order valence-electron chi connectivity index (χ3n) is 7.66. The SMILES string of the molecule is CCc1cc(C(C(=O)O)N(c2ccc3cnccc3c2)N(C(=O)OC(C)(C)C)C(=O)OC(C)(C)C)ccc1CCOC(=O)Nc1cccc(CN)c1. The Morgan fingerprint density at radius 1 is 0.865 bits per heavy atom. The van der Waals surface area contributed by atoms with Gasteiger partial charge < -0.3 is 25.1 Å². The fourth-order valence-corrected chi connectivity index (χ4v) is 5.42. The number of amides is 3. The van der Waals surface area contributed by atoms with E-state index in [0.717, 1.165) is 27.1 Å². The minimum atomic E-state index is -1.61. The van der Waals surface area contributed by atoms with Crippen molar-refractivity contribution >= 4 is 46.4 Å². The van der Waals surface area contributed by atoms with Crippen LogP contribution >= 0.6 is 0 Å². The Bertz CT molecular complexity index is 1890. The fraction of sp³-hybridized carbons (Fsp3) is 0.359. The highest BCUT2D eigenvalue weighted by molar-refractivity contribution is 5.94. The van der Waals surface area contributed by atoms with Crippen molar-refractivity contribution in [3.8, 4) is 0 Å². The van der Waals surface area contributed by atoms with Gasteiger partial charge in [-0.3, -0.25) is 15.3 Å². The van der Waals surface area contributed by atoms with Crippen molar-refractivity contribution in [1.29, 1.82) is 0 Å². The van der Waals surface area contributed by atoms with Crippen LogP contribution in [0.15, 0.2) is 79.1 Å². The first-order valence-corrected chi connectivity index (χ1v) is 17.0. The monoisotopic (exact) mass is 713 g/mol. The Kier molecular flexibility index (Phi) is 12.4. The van der Waals surface area contributed by atoms with Gasteiger partial charge in [0.1, 0.15) is 11.2 Å². The molecule has 52 heavy (non-hydrogen) atoms. The van der Waals surface area contributed by atoms with Crippen LogP contribution in [-0.4, -0.2) is 57.2 Å². The number of carbonyl (C=O) groups excluding carboxylic acids is 3. The van der Waals surface area contributed by atoms with E-state index in [1.807, 2.05) is 13.0 Å². The van der Waals surface area contributed by atoms with Crippen LogP contribution in [0.2, 0.25) is 0 Å². The molecule has 1 aromatic heterocycles. The first-order valence-electron chi connectivity index (χ1n) is 17.0. The molecule has 1 unspecified atom stereocenters. The normalized spacial score (nSPS) is 12.1. The number of benzene rings is 3. The highest BCUT2D eigenvalue weighted by Gasteiger charge is 2.43. The molecule has 4 aromatic rings. The molecule has 13 nitrogen and oxygen atoms in total. The minimum absolute atomic E-state index is 0.0558. The second-order valence-electron chi connectivity index (χ2n) is 14.1. The number of aromatic nitrogens is 1. The number of hydrogen-bond donors (Lipinski definition) is 3. The molecule has 1 heterocycles. The lowest BCUT2D eigenvalue weighted by molar-refractivity contribution is -0.139. The average molecular weight is 714 g/mol. The van der Waals surface area contributed by atoms with Crippen LogP contribution in [0, 0.1) is 0 Å². The molecule has 276 valence electrons. The number of hydrogen-bond acceptors (Lipinski definition) is 10. The third kappa shape index (κ3) is 10.4. The molecular formula is C39H47N5O8. The van der Waals surface area contributed by atoms with E-state index in [-0.39, 0.29) is 17.9 Å². The van der Waals surface area contributed by atoms with E-state index in [9.17, 15) is 24.3 Å². The van der Waals surface area contributed by atoms with Crippen LogP contribution in [-0.2, 0) is 38.4 Å². The number of aryl methyl sites for hydroxylation is 1. The molecule has 3 aromatic carbocycles. The lowest BCUT2D eigenvalue weighted by atomic mass is 9.96. The van der Waals surface area contributed by atoms with Crippen LogP contribution < -0.4 is 16.1 Å². The van der Waals surface area contributed by atoms with Crippen LogP contribution in [0.25, 0.3) is 10.8 Å². The van der Waals surface area contributed by atoms with Crippen LogP contribution in [0.3, 0.4) is 0 Å². The van der Waals surface area contributed by atoms with Gasteiger partial charge >= 0.3 is 24.2 Å². The largest absolute Gasteiger partial charge is 0.479 e. The van der Waals surface area contributed by atoms with E-state index in [2.05, 4.69) is 10.3 Å². The summed E-state index contributed by atoms with van der Waals surface area (Å²) >= 11 is 0. The van der Waals surface area contributed by atoms with Crippen molar-refractivity contribution in [2.45, 2.75) is 85.1 Å². The standard InChI is InChI=1S/C39H47N5O8/c1-8-26-21-29(13-12-27(26)17-19-50-35(47)42-31-11-9-10-25(20-31)23-40)33(34(45)46)43(32-15-14-30-24-41-18-16-28(30)22-32)44(36(48)51-38(2,3)4)37(49)52-39(5,6)7/h9-16,18,20-22,24,33H,8,17,19,23,40H2,1-7H3,(H,42,47)(H,45,46). The van der Waals surface area contributed by atoms with Gasteiger partial charge in [-0.25, -0.2) is 19.2 Å². The number of aliphatic carboxylic acids is 1. The zero-order valence-corrected chi connectivity index (χ0v) is 30.6. The number of hydrazine groups is 1. The van der Waals surface area contributed by atoms with E-state index >= 15 is 0 Å². The summed E-state index contributed by atoms with van der Waals surface area (Å²) in [6.45, 7) is 12.1. The van der Waals surface area contributed by atoms with E-state index in [1.165, 1.54) is 0 Å². The number of imide groups is 1. The summed E-state index contributed by atoms with van der Waals surface area (Å²) in [5.74, 6) is -1.35. The molecule has 0 fully saturated rings. The van der Waals surface area contributed by atoms with Gasteiger partial charge in [0.05, 0.1) is 12.3 Å². The number of nitrogens with one attached hydrogen (secondary N) is 1. The second-order valence-corrected chi connectivity index (χ2v) is 14.1. The van der Waals surface area contributed by atoms with Crippen molar-refractivity contribution in [3.63, 3.8) is 0 Å². The molecule has 0 saturated carbocycles. The number of carbonyl (C=O) groups is 4. The van der Waals surface area contributed by atoms with Gasteiger partial charge in [-0.2, -0.15) is 0 Å². The number of anilines is 2. The summed E-state index contributed by atoms with van der Waals surface area (Å²) in [5.41, 5.74) is 7.14. The first-order chi connectivity index (χ1) is 24.5. The molecule has 0 aliphatic carbocycles. The molecule has 0 bridgehead atoms. The highest BCUT2D eigenvalue weighted by atomic mass is 16.6. The Labute approximate surface area is 303 Å². The number of nitrogens with two attached hydrogens (primary N) is 1. The van der Waals surface area contributed by atoms with Gasteiger partial charge in [0.25, 0.3) is 0 Å². The molecule has 0 radical (unpaired) electrons. The smallest absolute Gasteiger partial charge is 0.439 e. The fourth-order valence-electron chi connectivity index (χ4n) is 5.42. The van der Waals surface area contributed by atoms with E-state index < -0.39 is 41.5 Å². The molecule has 4 rings (SSSR count). The third-order valence-corrected chi connectivity index (χ3v) is 7.66. The first kappa shape index (κ1) is 39.1. The lowest BCUT2D eigenvalue weighted by Crippen LogP contribution is -2.56. The van der Waals surface area contributed by atoms with E-state index in [1.54, 1.807) is 115 Å². The maximum Gasteiger partial charge on any atom is 0.439 e. The summed E-state index contributed by atoms with van der Waals surface area (Å²) < 4.78 is 16.8. The summed E-state index contributed by atoms with van der Waals surface area (Å²) in [6.07, 6.45) is 1.22. The van der Waals surface area contributed by atoms with Crippen LogP contribution in [0.4, 0.5) is 25.8 Å². The van der Waals surface area contributed by atoms with E-state index in [0.29, 0.717) is 35.5 Å².